The fraction of sp³-hybridized carbons (Fsp3) is 0.190. The Morgan fingerprint density at radius 3 is 2.44 bits per heavy atom. The van der Waals surface area contributed by atoms with Crippen molar-refractivity contribution in [2.24, 2.45) is 0 Å². The van der Waals surface area contributed by atoms with Gasteiger partial charge in [-0.15, -0.1) is 0 Å². The molecule has 6 heteroatoms. The Labute approximate surface area is 160 Å². The van der Waals surface area contributed by atoms with Gasteiger partial charge in [0, 0.05) is 11.5 Å². The number of aromatic nitrogens is 3. The van der Waals surface area contributed by atoms with Crippen LogP contribution in [0.5, 0.6) is 5.75 Å². The molecule has 0 saturated carbocycles. The molecule has 0 unspecified atom stereocenters. The minimum atomic E-state index is -0.121. The summed E-state index contributed by atoms with van der Waals surface area (Å²) in [6.07, 6.45) is 0. The van der Waals surface area contributed by atoms with E-state index in [-0.39, 0.29) is 5.56 Å². The molecule has 3 heterocycles. The number of hydrogen-bond donors (Lipinski definition) is 0. The van der Waals surface area contributed by atoms with Gasteiger partial charge in [0.1, 0.15) is 18.1 Å². The highest BCUT2D eigenvalue weighted by Gasteiger charge is 2.19. The summed E-state index contributed by atoms with van der Waals surface area (Å²) >= 11 is 6.34. The molecule has 27 heavy (non-hydrogen) atoms. The largest absolute Gasteiger partial charge is 0.485 e. The number of benzene rings is 2. The summed E-state index contributed by atoms with van der Waals surface area (Å²) in [6, 6.07) is 10.9. The van der Waals surface area contributed by atoms with Crippen molar-refractivity contribution >= 4 is 33.5 Å². The van der Waals surface area contributed by atoms with Gasteiger partial charge in [0.15, 0.2) is 0 Å². The summed E-state index contributed by atoms with van der Waals surface area (Å²) in [5.74, 6) is 0.625. The molecule has 0 aliphatic carbocycles. The van der Waals surface area contributed by atoms with E-state index in [1.54, 1.807) is 22.8 Å². The summed E-state index contributed by atoms with van der Waals surface area (Å²) in [7, 11) is 0. The van der Waals surface area contributed by atoms with Gasteiger partial charge in [-0.05, 0) is 55.3 Å². The number of hydrogen-bond acceptors (Lipinski definition) is 4. The first-order valence-corrected chi connectivity index (χ1v) is 9.10. The van der Waals surface area contributed by atoms with Crippen molar-refractivity contribution in [2.75, 3.05) is 0 Å². The maximum atomic E-state index is 12.6. The topological polar surface area (TPSA) is 57.0 Å². The quantitative estimate of drug-likeness (QED) is 0.462. The molecule has 1 aliphatic rings. The first-order chi connectivity index (χ1) is 13.0. The molecule has 0 N–H and O–H groups in total. The molecular weight excluding hydrogens is 362 g/mol. The molecule has 1 aliphatic heterocycles. The van der Waals surface area contributed by atoms with Gasteiger partial charge in [0.25, 0.3) is 5.56 Å². The van der Waals surface area contributed by atoms with Crippen molar-refractivity contribution in [3.05, 3.63) is 74.3 Å². The second kappa shape index (κ2) is 5.79. The van der Waals surface area contributed by atoms with Crippen molar-refractivity contribution in [1.29, 1.82) is 0 Å². The van der Waals surface area contributed by atoms with Crippen LogP contribution in [0.15, 0.2) is 41.2 Å². The maximum absolute atomic E-state index is 12.6. The van der Waals surface area contributed by atoms with Crippen LogP contribution in [0.3, 0.4) is 0 Å². The molecule has 0 amide bonds. The highest BCUT2D eigenvalue weighted by molar-refractivity contribution is 6.35. The van der Waals surface area contributed by atoms with Crippen molar-refractivity contribution in [3.63, 3.8) is 0 Å². The number of aryl methyl sites for hydroxylation is 2. The van der Waals surface area contributed by atoms with Crippen LogP contribution in [0.2, 0.25) is 5.02 Å². The van der Waals surface area contributed by atoms with Crippen molar-refractivity contribution in [3.8, 4) is 5.75 Å². The van der Waals surface area contributed by atoms with Crippen LogP contribution in [0, 0.1) is 13.8 Å². The van der Waals surface area contributed by atoms with Crippen molar-refractivity contribution in [1.82, 2.24) is 14.5 Å². The second-order valence-electron chi connectivity index (χ2n) is 6.90. The van der Waals surface area contributed by atoms with Gasteiger partial charge in [-0.25, -0.2) is 9.97 Å². The van der Waals surface area contributed by atoms with E-state index in [0.717, 1.165) is 33.4 Å². The predicted molar refractivity (Wildman–Crippen MR) is 106 cm³/mol. The Bertz CT molecular complexity index is 1310. The molecule has 0 fully saturated rings. The highest BCUT2D eigenvalue weighted by atomic mass is 35.5. The van der Waals surface area contributed by atoms with Gasteiger partial charge in [-0.3, -0.25) is 9.36 Å². The fourth-order valence-corrected chi connectivity index (χ4v) is 3.77. The number of ether oxygens (including phenoxy) is 1. The monoisotopic (exact) mass is 377 g/mol. The molecular formula is C21H16ClN3O2. The molecule has 4 aromatic rings. The first kappa shape index (κ1) is 16.3. The molecule has 5 nitrogen and oxygen atoms in total. The van der Waals surface area contributed by atoms with Crippen LogP contribution >= 0.6 is 11.6 Å². The smallest absolute Gasteiger partial charge is 0.251 e. The Morgan fingerprint density at radius 1 is 1.00 bits per heavy atom. The van der Waals surface area contributed by atoms with Crippen LogP contribution in [0.1, 0.15) is 22.5 Å². The lowest BCUT2D eigenvalue weighted by atomic mass is 10.1. The molecule has 0 bridgehead atoms. The first-order valence-electron chi connectivity index (χ1n) is 8.73. The molecule has 0 atom stereocenters. The van der Waals surface area contributed by atoms with E-state index < -0.39 is 0 Å². The zero-order valence-corrected chi connectivity index (χ0v) is 15.7. The summed E-state index contributed by atoms with van der Waals surface area (Å²) in [5.41, 5.74) is 6.06. The molecule has 0 saturated heterocycles. The van der Waals surface area contributed by atoms with Gasteiger partial charge >= 0.3 is 0 Å². The van der Waals surface area contributed by atoms with Crippen LogP contribution in [-0.2, 0) is 13.2 Å². The Balaban J connectivity index is 1.80. The van der Waals surface area contributed by atoms with E-state index in [1.165, 1.54) is 11.6 Å². The van der Waals surface area contributed by atoms with Gasteiger partial charge in [0.05, 0.1) is 33.8 Å². The van der Waals surface area contributed by atoms with Crippen LogP contribution < -0.4 is 10.3 Å². The van der Waals surface area contributed by atoms with Gasteiger partial charge in [-0.2, -0.15) is 0 Å². The number of pyridine rings is 1. The number of rotatable bonds is 0. The average molecular weight is 378 g/mol. The summed E-state index contributed by atoms with van der Waals surface area (Å²) in [5, 5.41) is 1.38. The summed E-state index contributed by atoms with van der Waals surface area (Å²) in [6.45, 7) is 4.74. The summed E-state index contributed by atoms with van der Waals surface area (Å²) in [4.78, 5) is 22.2. The molecule has 5 rings (SSSR count). The fourth-order valence-electron chi connectivity index (χ4n) is 3.55. The van der Waals surface area contributed by atoms with E-state index in [1.807, 2.05) is 12.1 Å². The van der Waals surface area contributed by atoms with Gasteiger partial charge in [0.2, 0.25) is 0 Å². The zero-order valence-electron chi connectivity index (χ0n) is 14.9. The Morgan fingerprint density at radius 2 is 1.70 bits per heavy atom. The van der Waals surface area contributed by atoms with Crippen molar-refractivity contribution < 1.29 is 4.74 Å². The maximum Gasteiger partial charge on any atom is 0.251 e. The van der Waals surface area contributed by atoms with Crippen molar-refractivity contribution in [2.45, 2.75) is 27.0 Å². The van der Waals surface area contributed by atoms with E-state index in [0.29, 0.717) is 29.4 Å². The third kappa shape index (κ3) is 2.50. The lowest BCUT2D eigenvalue weighted by Gasteiger charge is -2.20. The number of nitrogens with zero attached hydrogens (tertiary/aromatic N) is 3. The van der Waals surface area contributed by atoms with E-state index in [9.17, 15) is 4.79 Å². The Kier molecular flexibility index (Phi) is 3.49. The lowest BCUT2D eigenvalue weighted by Crippen LogP contribution is -2.24. The molecule has 2 aromatic carbocycles. The minimum absolute atomic E-state index is 0.121. The molecule has 134 valence electrons. The standard InChI is InChI=1S/C21H16ClN3O2/c1-11-7-15-16(8-12(11)2)24-18-10-27-19-5-4-14(22)13-3-6-20(26)25(21(13)19)9-17(18)23-15/h3-8H,9-10H2,1-2H3. The Hall–Kier alpha value is -2.92. The molecule has 0 radical (unpaired) electrons. The summed E-state index contributed by atoms with van der Waals surface area (Å²) < 4.78 is 7.68. The van der Waals surface area contributed by atoms with E-state index in [4.69, 9.17) is 26.3 Å². The predicted octanol–water partition coefficient (Wildman–Crippen LogP) is 4.16. The lowest BCUT2D eigenvalue weighted by molar-refractivity contribution is 0.298. The third-order valence-corrected chi connectivity index (χ3v) is 5.49. The SMILES string of the molecule is Cc1cc2nc3c(nc2cc1C)Cn1c(=O)ccc2c(Cl)ccc(c21)OC3. The highest BCUT2D eigenvalue weighted by Crippen LogP contribution is 2.33. The normalized spacial score (nSPS) is 13.1. The number of halogens is 1. The van der Waals surface area contributed by atoms with E-state index >= 15 is 0 Å². The third-order valence-electron chi connectivity index (χ3n) is 5.16. The van der Waals surface area contributed by atoms with E-state index in [2.05, 4.69) is 13.8 Å². The zero-order chi connectivity index (χ0) is 18.7. The van der Waals surface area contributed by atoms with Gasteiger partial charge in [-0.1, -0.05) is 11.6 Å². The van der Waals surface area contributed by atoms with Crippen LogP contribution in [-0.4, -0.2) is 14.5 Å². The van der Waals surface area contributed by atoms with Crippen LogP contribution in [0.25, 0.3) is 21.9 Å². The molecule has 2 aromatic heterocycles. The molecule has 0 spiro atoms. The van der Waals surface area contributed by atoms with Crippen LogP contribution in [0.4, 0.5) is 0 Å². The average Bonchev–Trinajstić information content (AvgIpc) is 2.63. The number of fused-ring (bicyclic) bond motifs is 2. The van der Waals surface area contributed by atoms with Gasteiger partial charge < -0.3 is 4.74 Å². The minimum Gasteiger partial charge on any atom is -0.485 e. The second-order valence-corrected chi connectivity index (χ2v) is 7.30.